The molecule has 0 aliphatic carbocycles. The minimum atomic E-state index is -0.590. The van der Waals surface area contributed by atoms with E-state index in [0.717, 1.165) is 26.8 Å². The van der Waals surface area contributed by atoms with Gasteiger partial charge in [-0.3, -0.25) is 14.4 Å². The largest absolute Gasteiger partial charge is 0.497 e. The first-order valence-electron chi connectivity index (χ1n) is 16.1. The van der Waals surface area contributed by atoms with Gasteiger partial charge in [-0.15, -0.1) is 11.8 Å². The lowest BCUT2D eigenvalue weighted by Crippen LogP contribution is -2.30. The predicted molar refractivity (Wildman–Crippen MR) is 204 cm³/mol. The molecule has 0 bridgehead atoms. The molecule has 6 rings (SSSR count). The molecule has 1 unspecified atom stereocenters. The fourth-order valence-electron chi connectivity index (χ4n) is 5.41. The van der Waals surface area contributed by atoms with Crippen molar-refractivity contribution in [2.45, 2.75) is 10.1 Å². The number of anilines is 2. The predicted octanol–water partition coefficient (Wildman–Crippen LogP) is 8.74. The zero-order valence-corrected chi connectivity index (χ0v) is 28.8. The summed E-state index contributed by atoms with van der Waals surface area (Å²) in [6.07, 6.45) is 1.68. The number of carbonyl (C=O) groups excluding carboxylic acids is 3. The maximum atomic E-state index is 13.8. The zero-order chi connectivity index (χ0) is 35.6. The molecule has 3 amide bonds. The lowest BCUT2D eigenvalue weighted by molar-refractivity contribution is -0.116. The van der Waals surface area contributed by atoms with Crippen molar-refractivity contribution in [3.63, 3.8) is 0 Å². The number of hydrogen-bond acceptors (Lipinski definition) is 6. The molecule has 0 fully saturated rings. The number of rotatable bonds is 12. The quantitative estimate of drug-likeness (QED) is 0.0875. The smallest absolute Gasteiger partial charge is 0.272 e. The fourth-order valence-corrected chi connectivity index (χ4v) is 6.44. The number of nitrogens with one attached hydrogen (secondary N) is 3. The van der Waals surface area contributed by atoms with Crippen molar-refractivity contribution in [1.29, 1.82) is 0 Å². The standard InChI is InChI=1S/C42H35N3O5S/c1-49-34-25-33(26-35(27-34)50-2)44-42(48)39(29-13-5-3-6-14-29)51-36-22-20-32(21-23-36)43-41(47)38(45-40(46)30-15-7-4-8-16-30)24-31-18-11-17-28-12-9-10-19-37(28)31/h3-27,39H,1-2H3,(H,43,47)(H,44,48)(H,45,46)/b38-24-. The molecule has 0 aromatic heterocycles. The van der Waals surface area contributed by atoms with Crippen LogP contribution >= 0.6 is 11.8 Å². The fraction of sp³-hybridized carbons (Fsp3) is 0.0714. The molecule has 254 valence electrons. The van der Waals surface area contributed by atoms with Crippen LogP contribution in [0.4, 0.5) is 11.4 Å². The van der Waals surface area contributed by atoms with E-state index in [2.05, 4.69) is 16.0 Å². The van der Waals surface area contributed by atoms with Crippen LogP contribution in [0.3, 0.4) is 0 Å². The molecular formula is C42H35N3O5S. The molecule has 51 heavy (non-hydrogen) atoms. The third kappa shape index (κ3) is 8.83. The number of fused-ring (bicyclic) bond motifs is 1. The number of amides is 3. The van der Waals surface area contributed by atoms with Crippen molar-refractivity contribution in [2.24, 2.45) is 0 Å². The second-order valence-electron chi connectivity index (χ2n) is 11.4. The van der Waals surface area contributed by atoms with Crippen LogP contribution in [0.1, 0.15) is 26.7 Å². The summed E-state index contributed by atoms with van der Waals surface area (Å²) in [5.41, 5.74) is 3.20. The Morgan fingerprint density at radius 2 is 1.27 bits per heavy atom. The first-order chi connectivity index (χ1) is 24.9. The minimum Gasteiger partial charge on any atom is -0.497 e. The summed E-state index contributed by atoms with van der Waals surface area (Å²) in [4.78, 5) is 41.5. The normalized spacial score (nSPS) is 11.7. The summed E-state index contributed by atoms with van der Waals surface area (Å²) < 4.78 is 10.7. The first kappa shape index (κ1) is 34.5. The molecular weight excluding hydrogens is 659 g/mol. The van der Waals surface area contributed by atoms with Crippen molar-refractivity contribution in [3.8, 4) is 11.5 Å². The van der Waals surface area contributed by atoms with Gasteiger partial charge in [0, 0.05) is 40.0 Å². The highest BCUT2D eigenvalue weighted by Crippen LogP contribution is 2.37. The van der Waals surface area contributed by atoms with Gasteiger partial charge in [0.1, 0.15) is 22.4 Å². The summed E-state index contributed by atoms with van der Waals surface area (Å²) in [7, 11) is 3.11. The van der Waals surface area contributed by atoms with E-state index in [-0.39, 0.29) is 11.6 Å². The van der Waals surface area contributed by atoms with E-state index < -0.39 is 17.1 Å². The van der Waals surface area contributed by atoms with Crippen LogP contribution in [0.15, 0.2) is 156 Å². The van der Waals surface area contributed by atoms with Crippen molar-refractivity contribution in [2.75, 3.05) is 24.9 Å². The average Bonchev–Trinajstić information content (AvgIpc) is 3.17. The molecule has 1 atom stereocenters. The number of thioether (sulfide) groups is 1. The summed E-state index contributed by atoms with van der Waals surface area (Å²) in [6, 6.07) is 44.3. The number of ether oxygens (including phenoxy) is 2. The van der Waals surface area contributed by atoms with Crippen molar-refractivity contribution in [1.82, 2.24) is 5.32 Å². The molecule has 6 aromatic carbocycles. The van der Waals surface area contributed by atoms with Crippen LogP contribution in [-0.2, 0) is 9.59 Å². The second kappa shape index (κ2) is 16.4. The maximum absolute atomic E-state index is 13.8. The molecule has 0 saturated carbocycles. The molecule has 3 N–H and O–H groups in total. The SMILES string of the molecule is COc1cc(NC(=O)C(Sc2ccc(NC(=O)/C(=C/c3cccc4ccccc34)NC(=O)c3ccccc3)cc2)c2ccccc2)cc(OC)c1. The lowest BCUT2D eigenvalue weighted by atomic mass is 10.0. The van der Waals surface area contributed by atoms with Gasteiger partial charge in [0.25, 0.3) is 11.8 Å². The highest BCUT2D eigenvalue weighted by molar-refractivity contribution is 8.00. The van der Waals surface area contributed by atoms with Crippen LogP contribution < -0.4 is 25.4 Å². The first-order valence-corrected chi connectivity index (χ1v) is 17.0. The summed E-state index contributed by atoms with van der Waals surface area (Å²) >= 11 is 1.38. The molecule has 0 saturated heterocycles. The van der Waals surface area contributed by atoms with Gasteiger partial charge in [0.05, 0.1) is 14.2 Å². The Morgan fingerprint density at radius 1 is 0.647 bits per heavy atom. The van der Waals surface area contributed by atoms with E-state index in [1.165, 1.54) is 11.8 Å². The van der Waals surface area contributed by atoms with Crippen LogP contribution in [-0.4, -0.2) is 31.9 Å². The highest BCUT2D eigenvalue weighted by atomic mass is 32.2. The third-order valence-corrected chi connectivity index (χ3v) is 9.24. The summed E-state index contributed by atoms with van der Waals surface area (Å²) in [5, 5.41) is 10.1. The van der Waals surface area contributed by atoms with Crippen LogP contribution in [0.2, 0.25) is 0 Å². The van der Waals surface area contributed by atoms with E-state index in [1.807, 2.05) is 91.0 Å². The highest BCUT2D eigenvalue weighted by Gasteiger charge is 2.23. The van der Waals surface area contributed by atoms with Gasteiger partial charge < -0.3 is 25.4 Å². The molecule has 0 heterocycles. The Hall–Kier alpha value is -6.32. The number of benzene rings is 6. The molecule has 0 aliphatic heterocycles. The Kier molecular flexibility index (Phi) is 11.1. The average molecular weight is 694 g/mol. The third-order valence-electron chi connectivity index (χ3n) is 7.98. The van der Waals surface area contributed by atoms with E-state index in [0.29, 0.717) is 28.4 Å². The topological polar surface area (TPSA) is 106 Å². The lowest BCUT2D eigenvalue weighted by Gasteiger charge is -2.18. The number of hydrogen-bond donors (Lipinski definition) is 3. The molecule has 6 aromatic rings. The molecule has 0 radical (unpaired) electrons. The van der Waals surface area contributed by atoms with Gasteiger partial charge in [0.15, 0.2) is 0 Å². The monoisotopic (exact) mass is 693 g/mol. The van der Waals surface area contributed by atoms with Crippen molar-refractivity contribution >= 4 is 57.7 Å². The van der Waals surface area contributed by atoms with E-state index in [1.54, 1.807) is 74.9 Å². The Labute approximate surface area is 300 Å². The molecule has 8 nitrogen and oxygen atoms in total. The molecule has 0 spiro atoms. The van der Waals surface area contributed by atoms with Gasteiger partial charge in [0.2, 0.25) is 5.91 Å². The minimum absolute atomic E-state index is 0.0913. The number of carbonyl (C=O) groups is 3. The zero-order valence-electron chi connectivity index (χ0n) is 28.0. The summed E-state index contributed by atoms with van der Waals surface area (Å²) in [6.45, 7) is 0. The molecule has 0 aliphatic rings. The van der Waals surface area contributed by atoms with E-state index >= 15 is 0 Å². The van der Waals surface area contributed by atoms with Crippen LogP contribution in [0, 0.1) is 0 Å². The number of methoxy groups -OCH3 is 2. The van der Waals surface area contributed by atoms with Crippen LogP contribution in [0.5, 0.6) is 11.5 Å². The van der Waals surface area contributed by atoms with Crippen LogP contribution in [0.25, 0.3) is 16.8 Å². The van der Waals surface area contributed by atoms with Crippen molar-refractivity contribution in [3.05, 3.63) is 168 Å². The van der Waals surface area contributed by atoms with Gasteiger partial charge in [-0.2, -0.15) is 0 Å². The van der Waals surface area contributed by atoms with Gasteiger partial charge >= 0.3 is 0 Å². The Morgan fingerprint density at radius 3 is 1.96 bits per heavy atom. The Bertz CT molecular complexity index is 2160. The van der Waals surface area contributed by atoms with Gasteiger partial charge in [-0.05, 0) is 64.4 Å². The summed E-state index contributed by atoms with van der Waals surface area (Å²) in [5.74, 6) is 0.00245. The van der Waals surface area contributed by atoms with Crippen molar-refractivity contribution < 1.29 is 23.9 Å². The van der Waals surface area contributed by atoms with E-state index in [9.17, 15) is 14.4 Å². The van der Waals surface area contributed by atoms with E-state index in [4.69, 9.17) is 9.47 Å². The van der Waals surface area contributed by atoms with Gasteiger partial charge in [-0.25, -0.2) is 0 Å². The molecule has 9 heteroatoms. The second-order valence-corrected chi connectivity index (χ2v) is 12.6. The Balaban J connectivity index is 1.22. The van der Waals surface area contributed by atoms with Gasteiger partial charge in [-0.1, -0.05) is 91.0 Å². The maximum Gasteiger partial charge on any atom is 0.272 e.